The minimum Gasteiger partial charge on any atom is -0.495 e. The van der Waals surface area contributed by atoms with Gasteiger partial charge in [-0.25, -0.2) is 22.1 Å². The molecule has 0 bridgehead atoms. The van der Waals surface area contributed by atoms with Crippen LogP contribution in [-0.2, 0) is 21.4 Å². The number of sulfonamides is 1. The number of nitrogens with one attached hydrogen (secondary N) is 1. The lowest BCUT2D eigenvalue weighted by Gasteiger charge is -2.16. The van der Waals surface area contributed by atoms with Crippen molar-refractivity contribution in [2.24, 2.45) is 0 Å². The molecule has 11 nitrogen and oxygen atoms in total. The number of anilines is 1. The van der Waals surface area contributed by atoms with Crippen molar-refractivity contribution >= 4 is 21.6 Å². The van der Waals surface area contributed by atoms with Crippen LogP contribution in [0.15, 0.2) is 38.9 Å². The first-order chi connectivity index (χ1) is 14.6. The Bertz CT molecular complexity index is 1300. The lowest BCUT2D eigenvalue weighted by molar-refractivity contribution is -0.116. The summed E-state index contributed by atoms with van der Waals surface area (Å²) >= 11 is 0. The number of carbonyl (C=O) groups excluding carboxylic acids is 1. The Hall–Kier alpha value is -3.43. The fraction of sp³-hybridized carbons (Fsp3) is 0.368. The summed E-state index contributed by atoms with van der Waals surface area (Å²) in [6.07, 6.45) is 2.73. The number of rotatable bonds is 7. The van der Waals surface area contributed by atoms with E-state index in [1.165, 1.54) is 50.2 Å². The summed E-state index contributed by atoms with van der Waals surface area (Å²) in [5, 5.41) is 11.7. The first kappa shape index (κ1) is 22.3. The minimum absolute atomic E-state index is 0.0881. The van der Waals surface area contributed by atoms with Crippen molar-refractivity contribution in [3.63, 3.8) is 0 Å². The van der Waals surface area contributed by atoms with Gasteiger partial charge in [-0.15, -0.1) is 0 Å². The van der Waals surface area contributed by atoms with Crippen molar-refractivity contribution in [1.82, 2.24) is 13.4 Å². The average molecular weight is 447 g/mol. The molecule has 164 valence electrons. The van der Waals surface area contributed by atoms with Gasteiger partial charge in [-0.1, -0.05) is 0 Å². The quantitative estimate of drug-likeness (QED) is 0.634. The Labute approximate surface area is 178 Å². The maximum absolute atomic E-state index is 12.6. The predicted octanol–water partition coefficient (Wildman–Crippen LogP) is 0.114. The van der Waals surface area contributed by atoms with Crippen LogP contribution in [-0.4, -0.2) is 49.0 Å². The van der Waals surface area contributed by atoms with Crippen molar-refractivity contribution in [1.29, 1.82) is 5.26 Å². The van der Waals surface area contributed by atoms with Gasteiger partial charge in [-0.3, -0.25) is 14.2 Å². The van der Waals surface area contributed by atoms with Crippen molar-refractivity contribution in [3.8, 4) is 11.8 Å². The van der Waals surface area contributed by atoms with Gasteiger partial charge in [0.25, 0.3) is 5.56 Å². The van der Waals surface area contributed by atoms with Gasteiger partial charge in [0.1, 0.15) is 28.8 Å². The zero-order valence-electron chi connectivity index (χ0n) is 17.2. The van der Waals surface area contributed by atoms with E-state index in [4.69, 9.17) is 4.74 Å². The summed E-state index contributed by atoms with van der Waals surface area (Å²) in [5.41, 5.74) is -1.63. The molecule has 1 heterocycles. The average Bonchev–Trinajstić information content (AvgIpc) is 3.56. The molecule has 12 heteroatoms. The summed E-state index contributed by atoms with van der Waals surface area (Å²) in [7, 11) is 0.187. The molecule has 0 saturated heterocycles. The molecule has 1 fully saturated rings. The molecule has 1 aliphatic rings. The lowest BCUT2D eigenvalue weighted by Crippen LogP contribution is -2.43. The second kappa shape index (κ2) is 8.37. The molecule has 31 heavy (non-hydrogen) atoms. The van der Waals surface area contributed by atoms with Crippen LogP contribution in [0, 0.1) is 11.3 Å². The highest BCUT2D eigenvalue weighted by molar-refractivity contribution is 7.89. The van der Waals surface area contributed by atoms with Gasteiger partial charge in [0.15, 0.2) is 0 Å². The number of benzene rings is 1. The molecule has 0 aliphatic heterocycles. The van der Waals surface area contributed by atoms with Crippen molar-refractivity contribution in [3.05, 3.63) is 50.8 Å². The van der Waals surface area contributed by atoms with Crippen molar-refractivity contribution in [2.75, 3.05) is 26.5 Å². The second-order valence-electron chi connectivity index (χ2n) is 7.17. The van der Waals surface area contributed by atoms with Crippen LogP contribution >= 0.6 is 0 Å². The molecule has 0 unspecified atom stereocenters. The summed E-state index contributed by atoms with van der Waals surface area (Å²) in [4.78, 5) is 37.4. The highest BCUT2D eigenvalue weighted by Crippen LogP contribution is 2.33. The number of carbonyl (C=O) groups is 1. The van der Waals surface area contributed by atoms with E-state index in [1.54, 1.807) is 6.07 Å². The molecule has 0 atom stereocenters. The maximum Gasteiger partial charge on any atom is 0.331 e. The fourth-order valence-corrected chi connectivity index (χ4v) is 4.02. The van der Waals surface area contributed by atoms with Crippen molar-refractivity contribution in [2.45, 2.75) is 30.3 Å². The number of methoxy groups -OCH3 is 1. The monoisotopic (exact) mass is 447 g/mol. The Morgan fingerprint density at radius 3 is 2.55 bits per heavy atom. The predicted molar refractivity (Wildman–Crippen MR) is 110 cm³/mol. The first-order valence-electron chi connectivity index (χ1n) is 9.26. The molecule has 0 radical (unpaired) electrons. The zero-order chi connectivity index (χ0) is 22.9. The molecule has 2 aromatic rings. The summed E-state index contributed by atoms with van der Waals surface area (Å²) in [6, 6.07) is 5.70. The SMILES string of the molecule is COc1ccc(NC(=O)Cn2c(=O)c(C#N)cn(C3CC3)c2=O)cc1S(=O)(=O)N(C)C. The van der Waals surface area contributed by atoms with Crippen molar-refractivity contribution < 1.29 is 17.9 Å². The third-order valence-corrected chi connectivity index (χ3v) is 6.60. The molecule has 1 aromatic carbocycles. The first-order valence-corrected chi connectivity index (χ1v) is 10.7. The Balaban J connectivity index is 1.92. The van der Waals surface area contributed by atoms with Crippen LogP contribution in [0.4, 0.5) is 5.69 Å². The molecular formula is C19H21N5O6S. The Morgan fingerprint density at radius 2 is 2.00 bits per heavy atom. The van der Waals surface area contributed by atoms with E-state index in [1.807, 2.05) is 0 Å². The lowest BCUT2D eigenvalue weighted by atomic mass is 10.3. The number of hydrogen-bond donors (Lipinski definition) is 1. The van der Waals surface area contributed by atoms with E-state index in [2.05, 4.69) is 5.32 Å². The zero-order valence-corrected chi connectivity index (χ0v) is 18.0. The smallest absolute Gasteiger partial charge is 0.331 e. The molecule has 1 aromatic heterocycles. The summed E-state index contributed by atoms with van der Waals surface area (Å²) < 4.78 is 33.1. The number of hydrogen-bond acceptors (Lipinski definition) is 7. The third-order valence-electron chi connectivity index (χ3n) is 4.76. The van der Waals surface area contributed by atoms with Gasteiger partial charge in [0.05, 0.1) is 7.11 Å². The molecule has 1 N–H and O–H groups in total. The fourth-order valence-electron chi connectivity index (χ4n) is 2.95. The Morgan fingerprint density at radius 1 is 1.32 bits per heavy atom. The molecule has 1 aliphatic carbocycles. The third kappa shape index (κ3) is 4.37. The van der Waals surface area contributed by atoms with E-state index in [9.17, 15) is 28.1 Å². The van der Waals surface area contributed by atoms with Crippen LogP contribution in [0.5, 0.6) is 5.75 Å². The van der Waals surface area contributed by atoms with E-state index in [0.717, 1.165) is 17.1 Å². The van der Waals surface area contributed by atoms with Crippen LogP contribution in [0.1, 0.15) is 24.4 Å². The molecular weight excluding hydrogens is 426 g/mol. The normalized spacial score (nSPS) is 13.6. The molecule has 1 amide bonds. The second-order valence-corrected chi connectivity index (χ2v) is 9.29. The maximum atomic E-state index is 12.6. The van der Waals surface area contributed by atoms with Crippen LogP contribution in [0.2, 0.25) is 0 Å². The topological polar surface area (TPSA) is 144 Å². The summed E-state index contributed by atoms with van der Waals surface area (Å²) in [5.74, 6) is -0.632. The number of aromatic nitrogens is 2. The van der Waals surface area contributed by atoms with E-state index < -0.39 is 33.7 Å². The van der Waals surface area contributed by atoms with Gasteiger partial charge >= 0.3 is 5.69 Å². The number of nitrogens with zero attached hydrogens (tertiary/aromatic N) is 4. The Kier molecular flexibility index (Phi) is 6.01. The standard InChI is InChI=1S/C19H21N5O6S/c1-22(2)31(28,29)16-8-13(4-7-15(16)30-3)21-17(25)11-24-18(26)12(9-20)10-23(19(24)27)14-5-6-14/h4,7-8,10,14H,5-6,11H2,1-3H3,(H,21,25). The van der Waals surface area contributed by atoms with Crippen LogP contribution in [0.3, 0.4) is 0 Å². The number of amides is 1. The van der Waals surface area contributed by atoms with Gasteiger partial charge in [0.2, 0.25) is 15.9 Å². The van der Waals surface area contributed by atoms with Crippen LogP contribution < -0.4 is 21.3 Å². The summed E-state index contributed by atoms with van der Waals surface area (Å²) in [6.45, 7) is -0.623. The van der Waals surface area contributed by atoms with Gasteiger partial charge in [-0.2, -0.15) is 5.26 Å². The van der Waals surface area contributed by atoms with E-state index >= 15 is 0 Å². The van der Waals surface area contributed by atoms with E-state index in [0.29, 0.717) is 4.57 Å². The van der Waals surface area contributed by atoms with E-state index in [-0.39, 0.29) is 27.9 Å². The van der Waals surface area contributed by atoms with Crippen LogP contribution in [0.25, 0.3) is 0 Å². The molecule has 3 rings (SSSR count). The largest absolute Gasteiger partial charge is 0.495 e. The molecule has 1 saturated carbocycles. The minimum atomic E-state index is -3.86. The highest BCUT2D eigenvalue weighted by Gasteiger charge is 2.27. The number of ether oxygens (including phenoxy) is 1. The van der Waals surface area contributed by atoms with Gasteiger partial charge in [0, 0.05) is 32.0 Å². The number of nitriles is 1. The van der Waals surface area contributed by atoms with Gasteiger partial charge in [-0.05, 0) is 31.0 Å². The highest BCUT2D eigenvalue weighted by atomic mass is 32.2. The molecule has 0 spiro atoms. The van der Waals surface area contributed by atoms with Gasteiger partial charge < -0.3 is 10.1 Å².